The lowest BCUT2D eigenvalue weighted by Crippen LogP contribution is -2.51. The number of likely N-dealkylation sites (tertiary alicyclic amines) is 1. The maximum absolute atomic E-state index is 13.4. The van der Waals surface area contributed by atoms with Gasteiger partial charge in [0, 0.05) is 99.3 Å². The molecular weight excluding hydrogens is 1380 g/mol. The minimum Gasteiger partial charge on any atom is -0.490 e. The first kappa shape index (κ1) is 73.9. The number of H-pyrrole nitrogens is 1. The molecular formula is C77H91FN22O8. The molecule has 6 N–H and O–H groups in total. The normalized spacial score (nSPS) is 20.6. The molecule has 0 aromatic carbocycles. The molecule has 4 atom stereocenters. The van der Waals surface area contributed by atoms with E-state index in [2.05, 4.69) is 121 Å². The number of hydrogen-bond acceptors (Lipinski definition) is 26. The number of pyridine rings is 3. The van der Waals surface area contributed by atoms with E-state index in [1.54, 1.807) is 51.5 Å². The highest BCUT2D eigenvalue weighted by atomic mass is 19.1. The number of carbonyl (C=O) groups excluding carboxylic acids is 3. The molecule has 0 spiro atoms. The van der Waals surface area contributed by atoms with Gasteiger partial charge < -0.3 is 60.0 Å². The largest absolute Gasteiger partial charge is 0.490 e. The van der Waals surface area contributed by atoms with E-state index in [0.29, 0.717) is 72.6 Å². The van der Waals surface area contributed by atoms with Gasteiger partial charge in [0.05, 0.1) is 84.4 Å². The number of terminal acetylenes is 1. The van der Waals surface area contributed by atoms with Crippen LogP contribution >= 0.6 is 0 Å². The predicted molar refractivity (Wildman–Crippen MR) is 395 cm³/mol. The van der Waals surface area contributed by atoms with Crippen LogP contribution in [0.1, 0.15) is 166 Å². The van der Waals surface area contributed by atoms with Gasteiger partial charge in [0.15, 0.2) is 11.4 Å². The van der Waals surface area contributed by atoms with Crippen LogP contribution in [0.4, 0.5) is 27.8 Å². The Morgan fingerprint density at radius 3 is 2.01 bits per heavy atom. The number of carbonyl (C=O) groups is 3. The van der Waals surface area contributed by atoms with Crippen LogP contribution in [0, 0.1) is 75.4 Å². The number of nitrogens with two attached hydrogens (primary N) is 1. The Bertz CT molecular complexity index is 4590. The number of ether oxygens (including phenoxy) is 4. The lowest BCUT2D eigenvalue weighted by Gasteiger charge is -2.35. The quantitative estimate of drug-likeness (QED) is 0.0363. The average Bonchev–Trinajstić information content (AvgIpc) is 1.11. The van der Waals surface area contributed by atoms with Gasteiger partial charge in [-0.15, -0.1) is 6.42 Å². The molecule has 108 heavy (non-hydrogen) atoms. The van der Waals surface area contributed by atoms with E-state index in [9.17, 15) is 29.1 Å². The Balaban J connectivity index is 0.000000136. The van der Waals surface area contributed by atoms with Crippen LogP contribution in [0.3, 0.4) is 0 Å². The van der Waals surface area contributed by atoms with Crippen molar-refractivity contribution in [1.29, 1.82) is 10.5 Å². The number of nitrogens with one attached hydrogen (secondary N) is 3. The molecule has 9 aliphatic rings. The zero-order valence-electron chi connectivity index (χ0n) is 61.3. The highest BCUT2D eigenvalue weighted by molar-refractivity contribution is 5.94. The van der Waals surface area contributed by atoms with Crippen molar-refractivity contribution in [2.75, 3.05) is 99.2 Å². The zero-order chi connectivity index (χ0) is 75.3. The highest BCUT2D eigenvalue weighted by Crippen LogP contribution is 2.47. The van der Waals surface area contributed by atoms with Gasteiger partial charge in [-0.25, -0.2) is 9.37 Å². The molecule has 1 unspecified atom stereocenters. The van der Waals surface area contributed by atoms with Crippen LogP contribution < -0.4 is 50.0 Å². The number of hydrogen-bond donors (Lipinski definition) is 5. The molecule has 11 heterocycles. The van der Waals surface area contributed by atoms with E-state index in [-0.39, 0.29) is 90.2 Å². The number of allylic oxidation sites excluding steroid dienone is 2. The predicted octanol–water partition coefficient (Wildman–Crippen LogP) is 7.62. The Hall–Kier alpha value is -11.0. The zero-order valence-corrected chi connectivity index (χ0v) is 61.3. The molecule has 5 aliphatic carbocycles. The lowest BCUT2D eigenvalue weighted by molar-refractivity contribution is 0.0393. The summed E-state index contributed by atoms with van der Waals surface area (Å²) in [6, 6.07) is 15.9. The number of nitrogens with zero attached hydrogens (tertiary/aromatic N) is 18. The van der Waals surface area contributed by atoms with Gasteiger partial charge in [0.25, 0.3) is 17.7 Å². The van der Waals surface area contributed by atoms with Crippen molar-refractivity contribution in [1.82, 2.24) is 80.6 Å². The number of alkyl halides is 1. The SMILES string of the molecule is C#CC1(COc2nc(C(=O)N3CC(F)C3)cc(N3CCC(c4[nH]nc5ncccc45)CC3)n2)CC1.CC(NC(=O)c1nc(OCC2(C#N)CC2)nc(N2CCC(C3=CCc4ncccc43)CC2)n1)C(C)(C)O.C[C@H](NC(=O)c1nc(OC[C@H]2C[C@H]2C#N)nc(N2CCC(COc3cnccc3N)CC2)n1)C1CC1. The van der Waals surface area contributed by atoms with Gasteiger partial charge >= 0.3 is 18.0 Å². The third-order valence-corrected chi connectivity index (χ3v) is 22.2. The van der Waals surface area contributed by atoms with Crippen LogP contribution in [-0.2, 0) is 6.42 Å². The molecule has 7 aromatic heterocycles. The smallest absolute Gasteiger partial charge is 0.322 e. The number of aliphatic hydroxyl groups is 1. The number of halogens is 1. The van der Waals surface area contributed by atoms with E-state index >= 15 is 0 Å². The maximum Gasteiger partial charge on any atom is 0.322 e. The number of fused-ring (bicyclic) bond motifs is 2. The lowest BCUT2D eigenvalue weighted by atomic mass is 9.87. The van der Waals surface area contributed by atoms with Gasteiger partial charge in [-0.1, -0.05) is 18.1 Å². The maximum atomic E-state index is 13.4. The molecule has 8 fully saturated rings. The van der Waals surface area contributed by atoms with E-state index in [1.165, 1.54) is 16.0 Å². The number of aromatic nitrogens is 13. The van der Waals surface area contributed by atoms with Crippen LogP contribution in [0.25, 0.3) is 16.6 Å². The molecule has 7 aromatic rings. The van der Waals surface area contributed by atoms with Crippen LogP contribution in [-0.4, -0.2) is 195 Å². The van der Waals surface area contributed by atoms with E-state index in [4.69, 9.17) is 36.4 Å². The molecule has 0 radical (unpaired) electrons. The summed E-state index contributed by atoms with van der Waals surface area (Å²) in [5.41, 5.74) is 10.5. The Morgan fingerprint density at radius 1 is 0.750 bits per heavy atom. The number of aromatic amines is 1. The summed E-state index contributed by atoms with van der Waals surface area (Å²) in [5.74, 6) is 5.55. The van der Waals surface area contributed by atoms with E-state index < -0.39 is 29.1 Å². The number of nitrogen functional groups attached to an aromatic ring is 1. The molecule has 0 bridgehead atoms. The molecule has 564 valence electrons. The fourth-order valence-electron chi connectivity index (χ4n) is 13.9. The molecule has 31 heteroatoms. The summed E-state index contributed by atoms with van der Waals surface area (Å²) in [6.07, 6.45) is 26.6. The molecule has 4 aliphatic heterocycles. The fraction of sp³-hybridized carbons (Fsp3) is 0.545. The average molecular weight is 1470 g/mol. The van der Waals surface area contributed by atoms with E-state index in [0.717, 1.165) is 152 Å². The fourth-order valence-corrected chi connectivity index (χ4v) is 13.9. The summed E-state index contributed by atoms with van der Waals surface area (Å²) in [6.45, 7) is 13.0. The minimum absolute atomic E-state index is 0.0248. The summed E-state index contributed by atoms with van der Waals surface area (Å²) in [4.78, 5) is 94.9. The molecule has 4 saturated heterocycles. The van der Waals surface area contributed by atoms with Crippen LogP contribution in [0.5, 0.6) is 23.8 Å². The second kappa shape index (κ2) is 31.8. The summed E-state index contributed by atoms with van der Waals surface area (Å²) in [7, 11) is 0. The van der Waals surface area contributed by atoms with Crippen LogP contribution in [0.2, 0.25) is 0 Å². The van der Waals surface area contributed by atoms with Gasteiger partial charge in [-0.3, -0.25) is 29.5 Å². The van der Waals surface area contributed by atoms with E-state index in [1.807, 2.05) is 31.3 Å². The first-order chi connectivity index (χ1) is 52.2. The number of anilines is 4. The van der Waals surface area contributed by atoms with Gasteiger partial charge in [0.2, 0.25) is 23.5 Å². The third-order valence-electron chi connectivity index (χ3n) is 22.2. The molecule has 16 rings (SSSR count). The summed E-state index contributed by atoms with van der Waals surface area (Å²) < 4.78 is 36.7. The standard InChI is InChI=1S/C27H33N7O3.C25H26FN7O2.C25H32N8O3/c1-17(26(2,3)36)30-23(35)22-31-24(33-25(32-22)37-16-27(15-28)10-11-27)34-13-8-18(9-14-34)19-6-7-21-20(19)5-4-12-29-21;1-2-25(7-8-25)15-35-24-28-19(23(34)33-13-17(26)14-33)12-20(29-24)32-10-5-16(6-11-32)21-18-4-3-9-27-22(18)31-30-21;1-15(17-2-3-17)29-23(34)22-30-24(32-25(31-22)36-14-19-10-18(19)11-26)33-8-5-16(6-9-33)13-35-21-12-28-7-4-20(21)27/h4-6,12,17-18,36H,7-11,13-14,16H2,1-3H3,(H,30,35);1,3-4,9,12,16-17H,5-8,10-11,13-15H2,(H,27,30,31);4,7,12,15-19H,2-3,5-6,8-10,13-14H2,1H3,(H2,27,28)(H,29,34)/t;;15-,18-,19+/m..0/s1. The number of amides is 3. The second-order valence-electron chi connectivity index (χ2n) is 30.6. The summed E-state index contributed by atoms with van der Waals surface area (Å²) in [5, 5.41) is 43.0. The van der Waals surface area contributed by atoms with Crippen molar-refractivity contribution < 1.29 is 42.8 Å². The first-order valence-electron chi connectivity index (χ1n) is 37.6. The highest BCUT2D eigenvalue weighted by Gasteiger charge is 2.46. The Kier molecular flexibility index (Phi) is 21.8. The number of piperidine rings is 3. The monoisotopic (exact) mass is 1470 g/mol. The molecule has 4 saturated carbocycles. The summed E-state index contributed by atoms with van der Waals surface area (Å²) >= 11 is 0. The van der Waals surface area contributed by atoms with Crippen LogP contribution in [0.15, 0.2) is 67.3 Å². The minimum atomic E-state index is -1.11. The Labute approximate surface area is 625 Å². The topological polar surface area (TPSA) is 389 Å². The number of rotatable bonds is 24. The van der Waals surface area contributed by atoms with Gasteiger partial charge in [-0.05, 0) is 164 Å². The number of nitriles is 2. The van der Waals surface area contributed by atoms with Crippen molar-refractivity contribution in [2.24, 2.45) is 40.4 Å². The van der Waals surface area contributed by atoms with Crippen molar-refractivity contribution in [3.05, 3.63) is 102 Å². The Morgan fingerprint density at radius 2 is 1.38 bits per heavy atom. The van der Waals surface area contributed by atoms with Gasteiger partial charge in [0.1, 0.15) is 30.9 Å². The molecule has 30 nitrogen and oxygen atoms in total. The van der Waals surface area contributed by atoms with Crippen molar-refractivity contribution in [2.45, 2.75) is 147 Å². The molecule has 3 amide bonds. The third kappa shape index (κ3) is 17.8. The first-order valence-corrected chi connectivity index (χ1v) is 37.6. The van der Waals surface area contributed by atoms with Crippen molar-refractivity contribution in [3.8, 4) is 48.3 Å². The van der Waals surface area contributed by atoms with Crippen molar-refractivity contribution >= 4 is 57.7 Å². The van der Waals surface area contributed by atoms with Crippen molar-refractivity contribution in [3.63, 3.8) is 0 Å². The van der Waals surface area contributed by atoms with Gasteiger partial charge in [-0.2, -0.15) is 55.5 Å². The second-order valence-corrected chi connectivity index (χ2v) is 30.6.